The molecule has 5 nitrogen and oxygen atoms in total. The van der Waals surface area contributed by atoms with Crippen LogP contribution in [0.5, 0.6) is 0 Å². The van der Waals surface area contributed by atoms with Gasteiger partial charge in [-0.2, -0.15) is 0 Å². The largest absolute Gasteiger partial charge is 0.350 e. The molecule has 0 heterocycles. The first-order valence-corrected chi connectivity index (χ1v) is 7.70. The van der Waals surface area contributed by atoms with Crippen molar-refractivity contribution in [1.29, 1.82) is 0 Å². The minimum absolute atomic E-state index is 0.0334. The summed E-state index contributed by atoms with van der Waals surface area (Å²) in [6, 6.07) is 7.31. The highest BCUT2D eigenvalue weighted by Crippen LogP contribution is 2.08. The van der Waals surface area contributed by atoms with Crippen LogP contribution in [0.3, 0.4) is 0 Å². The lowest BCUT2D eigenvalue weighted by molar-refractivity contribution is 0.0937. The number of rotatable bonds is 9. The van der Waals surface area contributed by atoms with Gasteiger partial charge in [0.2, 0.25) is 0 Å². The van der Waals surface area contributed by atoms with Crippen LogP contribution in [0.1, 0.15) is 44.0 Å². The molecule has 0 aliphatic carbocycles. The third-order valence-corrected chi connectivity index (χ3v) is 3.70. The summed E-state index contributed by atoms with van der Waals surface area (Å²) in [5.41, 5.74) is 3.99. The molecule has 5 heteroatoms. The van der Waals surface area contributed by atoms with Crippen LogP contribution in [0, 0.1) is 0 Å². The van der Waals surface area contributed by atoms with Crippen LogP contribution in [0.4, 0.5) is 5.69 Å². The van der Waals surface area contributed by atoms with Crippen molar-refractivity contribution in [2.45, 2.75) is 39.7 Å². The fourth-order valence-corrected chi connectivity index (χ4v) is 2.26. The number of hydrogen-bond donors (Lipinski definition) is 3. The first-order chi connectivity index (χ1) is 10.1. The summed E-state index contributed by atoms with van der Waals surface area (Å²) in [5.74, 6) is 5.27. The van der Waals surface area contributed by atoms with E-state index in [1.165, 1.54) is 0 Å². The van der Waals surface area contributed by atoms with E-state index < -0.39 is 0 Å². The minimum atomic E-state index is -0.0334. The zero-order valence-corrected chi connectivity index (χ0v) is 13.4. The number of hydrogen-bond acceptors (Lipinski definition) is 4. The fourth-order valence-electron chi connectivity index (χ4n) is 2.26. The molecule has 118 valence electrons. The van der Waals surface area contributed by atoms with Crippen LogP contribution in [-0.4, -0.2) is 36.5 Å². The summed E-state index contributed by atoms with van der Waals surface area (Å²) < 4.78 is 0. The molecule has 0 fully saturated rings. The Balaban J connectivity index is 2.35. The van der Waals surface area contributed by atoms with E-state index in [0.29, 0.717) is 5.56 Å². The summed E-state index contributed by atoms with van der Waals surface area (Å²) in [5, 5.41) is 3.03. The van der Waals surface area contributed by atoms with Crippen molar-refractivity contribution < 1.29 is 4.79 Å². The van der Waals surface area contributed by atoms with E-state index in [1.807, 2.05) is 0 Å². The molecule has 0 saturated heterocycles. The Bertz CT molecular complexity index is 415. The van der Waals surface area contributed by atoms with Crippen LogP contribution in [0.25, 0.3) is 0 Å². The van der Waals surface area contributed by atoms with Gasteiger partial charge in [-0.3, -0.25) is 10.6 Å². The van der Waals surface area contributed by atoms with Crippen LogP contribution >= 0.6 is 0 Å². The average Bonchev–Trinajstić information content (AvgIpc) is 2.51. The topological polar surface area (TPSA) is 70.4 Å². The van der Waals surface area contributed by atoms with Gasteiger partial charge in [0.25, 0.3) is 5.91 Å². The van der Waals surface area contributed by atoms with Crippen LogP contribution < -0.4 is 16.6 Å². The monoisotopic (exact) mass is 292 g/mol. The minimum Gasteiger partial charge on any atom is -0.350 e. The van der Waals surface area contributed by atoms with E-state index >= 15 is 0 Å². The molecule has 0 aliphatic heterocycles. The second kappa shape index (κ2) is 9.37. The molecule has 4 N–H and O–H groups in total. The predicted octanol–water partition coefficient (Wildman–Crippen LogP) is 2.21. The highest BCUT2D eigenvalue weighted by atomic mass is 16.1. The maximum absolute atomic E-state index is 12.1. The summed E-state index contributed by atoms with van der Waals surface area (Å²) in [6.45, 7) is 9.65. The summed E-state index contributed by atoms with van der Waals surface area (Å²) in [6.07, 6.45) is 2.09. The van der Waals surface area contributed by atoms with E-state index in [2.05, 4.69) is 36.4 Å². The maximum Gasteiger partial charge on any atom is 0.251 e. The molecule has 0 spiro atoms. The Hall–Kier alpha value is -1.59. The molecule has 21 heavy (non-hydrogen) atoms. The van der Waals surface area contributed by atoms with Crippen LogP contribution in [0.15, 0.2) is 24.3 Å². The molecular weight excluding hydrogens is 264 g/mol. The zero-order valence-electron chi connectivity index (χ0n) is 13.4. The smallest absolute Gasteiger partial charge is 0.251 e. The number of carbonyl (C=O) groups is 1. The Morgan fingerprint density at radius 3 is 2.38 bits per heavy atom. The second-order valence-corrected chi connectivity index (χ2v) is 5.27. The molecule has 1 aromatic rings. The summed E-state index contributed by atoms with van der Waals surface area (Å²) in [4.78, 5) is 14.5. The molecule has 0 aliphatic rings. The van der Waals surface area contributed by atoms with Gasteiger partial charge >= 0.3 is 0 Å². The molecule has 1 amide bonds. The number of carbonyl (C=O) groups excluding carboxylic acids is 1. The van der Waals surface area contributed by atoms with Crippen molar-refractivity contribution in [3.05, 3.63) is 29.8 Å². The lowest BCUT2D eigenvalue weighted by atomic mass is 10.1. The molecule has 0 aromatic heterocycles. The molecule has 0 bridgehead atoms. The molecule has 0 radical (unpaired) electrons. The van der Waals surface area contributed by atoms with E-state index in [-0.39, 0.29) is 11.9 Å². The van der Waals surface area contributed by atoms with Gasteiger partial charge in [0.1, 0.15) is 0 Å². The Labute approximate surface area is 127 Å². The van der Waals surface area contributed by atoms with Gasteiger partial charge in [0.05, 0.1) is 0 Å². The third-order valence-electron chi connectivity index (χ3n) is 3.70. The Morgan fingerprint density at radius 2 is 1.86 bits per heavy atom. The first-order valence-electron chi connectivity index (χ1n) is 7.70. The molecule has 0 saturated carbocycles. The van der Waals surface area contributed by atoms with Gasteiger partial charge in [0.15, 0.2) is 0 Å². The van der Waals surface area contributed by atoms with Crippen molar-refractivity contribution >= 4 is 11.6 Å². The van der Waals surface area contributed by atoms with E-state index in [9.17, 15) is 4.79 Å². The van der Waals surface area contributed by atoms with Gasteiger partial charge < -0.3 is 15.6 Å². The normalized spacial score (nSPS) is 12.2. The maximum atomic E-state index is 12.1. The standard InChI is InChI=1S/C16H28N4O/c1-4-20(5-2)12-6-7-13(3)18-16(21)14-8-10-15(19-17)11-9-14/h8-11,13,19H,4-7,12,17H2,1-3H3,(H,18,21). The molecule has 1 unspecified atom stereocenters. The summed E-state index contributed by atoms with van der Waals surface area (Å²) >= 11 is 0. The number of anilines is 1. The van der Waals surface area contributed by atoms with Crippen molar-refractivity contribution in [2.24, 2.45) is 5.84 Å². The van der Waals surface area contributed by atoms with Crippen LogP contribution in [-0.2, 0) is 0 Å². The third kappa shape index (κ3) is 6.14. The number of hydrazine groups is 1. The predicted molar refractivity (Wildman–Crippen MR) is 88.2 cm³/mol. The first kappa shape index (κ1) is 17.5. The number of nitrogens with zero attached hydrogens (tertiary/aromatic N) is 1. The number of benzene rings is 1. The zero-order chi connectivity index (χ0) is 15.7. The Kier molecular flexibility index (Phi) is 7.79. The van der Waals surface area contributed by atoms with Crippen molar-refractivity contribution in [3.8, 4) is 0 Å². The van der Waals surface area contributed by atoms with E-state index in [4.69, 9.17) is 5.84 Å². The lowest BCUT2D eigenvalue weighted by Gasteiger charge is -2.19. The SMILES string of the molecule is CCN(CC)CCCC(C)NC(=O)c1ccc(NN)cc1. The van der Waals surface area contributed by atoms with Crippen molar-refractivity contribution in [3.63, 3.8) is 0 Å². The fraction of sp³-hybridized carbons (Fsp3) is 0.562. The second-order valence-electron chi connectivity index (χ2n) is 5.27. The average molecular weight is 292 g/mol. The van der Waals surface area contributed by atoms with Gasteiger partial charge in [0, 0.05) is 17.3 Å². The number of nitrogens with two attached hydrogens (primary N) is 1. The number of amides is 1. The van der Waals surface area contributed by atoms with Crippen molar-refractivity contribution in [1.82, 2.24) is 10.2 Å². The molecule has 1 aromatic carbocycles. The lowest BCUT2D eigenvalue weighted by Crippen LogP contribution is -2.33. The molecule has 1 atom stereocenters. The van der Waals surface area contributed by atoms with E-state index in [0.717, 1.165) is 38.2 Å². The highest BCUT2D eigenvalue weighted by molar-refractivity contribution is 5.94. The van der Waals surface area contributed by atoms with E-state index in [1.54, 1.807) is 24.3 Å². The number of nitrogen functional groups attached to an aromatic ring is 1. The number of nitrogens with one attached hydrogen (secondary N) is 2. The highest BCUT2D eigenvalue weighted by Gasteiger charge is 2.10. The van der Waals surface area contributed by atoms with Gasteiger partial charge in [-0.25, -0.2) is 0 Å². The van der Waals surface area contributed by atoms with Crippen LogP contribution in [0.2, 0.25) is 0 Å². The molecule has 1 rings (SSSR count). The van der Waals surface area contributed by atoms with Gasteiger partial charge in [-0.15, -0.1) is 0 Å². The van der Waals surface area contributed by atoms with Gasteiger partial charge in [-0.05, 0) is 63.7 Å². The van der Waals surface area contributed by atoms with Crippen molar-refractivity contribution in [2.75, 3.05) is 25.1 Å². The summed E-state index contributed by atoms with van der Waals surface area (Å²) in [7, 11) is 0. The van der Waals surface area contributed by atoms with Gasteiger partial charge in [-0.1, -0.05) is 13.8 Å². The Morgan fingerprint density at radius 1 is 1.24 bits per heavy atom. The molecular formula is C16H28N4O. The quantitative estimate of drug-likeness (QED) is 0.482.